The van der Waals surface area contributed by atoms with Gasteiger partial charge in [-0.05, 0) is 79.3 Å². The summed E-state index contributed by atoms with van der Waals surface area (Å²) in [5, 5.41) is 2.56. The van der Waals surface area contributed by atoms with Gasteiger partial charge in [-0.3, -0.25) is 0 Å². The van der Waals surface area contributed by atoms with E-state index in [-0.39, 0.29) is 0 Å². The molecule has 204 valence electrons. The molecule has 4 aromatic rings. The lowest BCUT2D eigenvalue weighted by atomic mass is 10.0. The summed E-state index contributed by atoms with van der Waals surface area (Å²) in [5.41, 5.74) is 6.04. The minimum atomic E-state index is -2.00. The number of unbranched alkanes of at least 4 members (excludes halogenated alkanes) is 10. The first-order valence-electron chi connectivity index (χ1n) is 14.9. The third-order valence-electron chi connectivity index (χ3n) is 7.81. The van der Waals surface area contributed by atoms with Crippen molar-refractivity contribution in [2.75, 3.05) is 0 Å². The molecule has 0 aliphatic carbocycles. The maximum absolute atomic E-state index is 11.8. The van der Waals surface area contributed by atoms with Crippen LogP contribution in [0.15, 0.2) is 65.6 Å². The standard InChI is InChI=1S/C34H45NO2S/c1-3-5-7-9-11-13-16-27-20-22-33-31(24-27)32-25-28(17-14-12-10-8-6-4-2)21-23-34(32)35(33)29-18-15-19-30(26-29)38(36)37/h15,18-26H,3-14,16-17H2,1-2H3,(H,36,37). The van der Waals surface area contributed by atoms with Crippen molar-refractivity contribution in [2.45, 2.75) is 109 Å². The Bertz CT molecular complexity index is 1270. The van der Waals surface area contributed by atoms with Gasteiger partial charge in [-0.15, -0.1) is 0 Å². The maximum Gasteiger partial charge on any atom is 0.186 e. The zero-order chi connectivity index (χ0) is 26.7. The van der Waals surface area contributed by atoms with Crippen molar-refractivity contribution in [3.63, 3.8) is 0 Å². The Morgan fingerprint density at radius 3 is 1.63 bits per heavy atom. The van der Waals surface area contributed by atoms with Crippen molar-refractivity contribution >= 4 is 32.9 Å². The van der Waals surface area contributed by atoms with E-state index >= 15 is 0 Å². The molecule has 0 saturated heterocycles. The van der Waals surface area contributed by atoms with Crippen LogP contribution in [0, 0.1) is 0 Å². The second kappa shape index (κ2) is 14.6. The van der Waals surface area contributed by atoms with Crippen LogP contribution in [0.3, 0.4) is 0 Å². The number of rotatable bonds is 16. The Labute approximate surface area is 231 Å². The van der Waals surface area contributed by atoms with E-state index in [0.717, 1.165) is 29.6 Å². The van der Waals surface area contributed by atoms with Crippen LogP contribution in [-0.2, 0) is 23.9 Å². The average molecular weight is 532 g/mol. The van der Waals surface area contributed by atoms with E-state index in [0.29, 0.717) is 4.90 Å². The van der Waals surface area contributed by atoms with Crippen LogP contribution < -0.4 is 0 Å². The van der Waals surface area contributed by atoms with E-state index in [1.807, 2.05) is 18.2 Å². The number of aryl methyl sites for hydroxylation is 2. The molecule has 4 rings (SSSR count). The molecular formula is C34H45NO2S. The first kappa shape index (κ1) is 28.6. The zero-order valence-corrected chi connectivity index (χ0v) is 24.2. The van der Waals surface area contributed by atoms with Crippen LogP contribution in [0.4, 0.5) is 0 Å². The van der Waals surface area contributed by atoms with Gasteiger partial charge < -0.3 is 9.12 Å². The van der Waals surface area contributed by atoms with Crippen LogP contribution >= 0.6 is 0 Å². The Morgan fingerprint density at radius 2 is 1.13 bits per heavy atom. The van der Waals surface area contributed by atoms with E-state index < -0.39 is 11.1 Å². The quantitative estimate of drug-likeness (QED) is 0.115. The van der Waals surface area contributed by atoms with E-state index in [2.05, 4.69) is 54.8 Å². The third-order valence-corrected chi connectivity index (χ3v) is 8.47. The number of hydrogen-bond donors (Lipinski definition) is 1. The van der Waals surface area contributed by atoms with Gasteiger partial charge in [-0.2, -0.15) is 0 Å². The molecule has 0 fully saturated rings. The normalized spacial score (nSPS) is 12.5. The van der Waals surface area contributed by atoms with Gasteiger partial charge in [0, 0.05) is 16.5 Å². The molecule has 1 aromatic heterocycles. The molecule has 0 aliphatic rings. The predicted molar refractivity (Wildman–Crippen MR) is 164 cm³/mol. The smallest absolute Gasteiger partial charge is 0.186 e. The Kier molecular flexibility index (Phi) is 11.0. The summed E-state index contributed by atoms with van der Waals surface area (Å²) in [5.74, 6) is 0. The highest BCUT2D eigenvalue weighted by Crippen LogP contribution is 2.34. The summed E-state index contributed by atoms with van der Waals surface area (Å²) in [4.78, 5) is 0.428. The fourth-order valence-corrected chi connectivity index (χ4v) is 6.07. The number of aromatic nitrogens is 1. The number of fused-ring (bicyclic) bond motifs is 3. The molecule has 1 unspecified atom stereocenters. The van der Waals surface area contributed by atoms with Crippen LogP contribution in [0.2, 0.25) is 0 Å². The molecule has 38 heavy (non-hydrogen) atoms. The summed E-state index contributed by atoms with van der Waals surface area (Å²) >= 11 is -2.00. The topological polar surface area (TPSA) is 42.2 Å². The summed E-state index contributed by atoms with van der Waals surface area (Å²) in [6, 6.07) is 21.3. The van der Waals surface area contributed by atoms with Gasteiger partial charge in [0.25, 0.3) is 0 Å². The lowest BCUT2D eigenvalue weighted by Crippen LogP contribution is -1.97. The minimum absolute atomic E-state index is 0.428. The fraction of sp³-hybridized carbons (Fsp3) is 0.471. The average Bonchev–Trinajstić information content (AvgIpc) is 3.25. The molecule has 0 saturated carbocycles. The molecule has 1 N–H and O–H groups in total. The van der Waals surface area contributed by atoms with Crippen molar-refractivity contribution in [3.05, 3.63) is 71.8 Å². The van der Waals surface area contributed by atoms with Gasteiger partial charge in [0.05, 0.1) is 15.9 Å². The molecule has 1 heterocycles. The number of benzene rings is 3. The second-order valence-corrected chi connectivity index (χ2v) is 11.8. The molecule has 3 nitrogen and oxygen atoms in total. The largest absolute Gasteiger partial charge is 0.309 e. The van der Waals surface area contributed by atoms with Crippen LogP contribution in [-0.4, -0.2) is 13.3 Å². The fourth-order valence-electron chi connectivity index (χ4n) is 5.66. The van der Waals surface area contributed by atoms with Crippen LogP contribution in [0.1, 0.15) is 102 Å². The molecule has 0 aliphatic heterocycles. The Balaban J connectivity index is 1.64. The number of nitrogens with zero attached hydrogens (tertiary/aromatic N) is 1. The van der Waals surface area contributed by atoms with Gasteiger partial charge in [-0.25, -0.2) is 4.21 Å². The van der Waals surface area contributed by atoms with Gasteiger partial charge in [0.15, 0.2) is 11.1 Å². The van der Waals surface area contributed by atoms with E-state index in [9.17, 15) is 8.76 Å². The van der Waals surface area contributed by atoms with Crippen molar-refractivity contribution < 1.29 is 8.76 Å². The summed E-state index contributed by atoms with van der Waals surface area (Å²) in [7, 11) is 0. The third kappa shape index (κ3) is 7.36. The summed E-state index contributed by atoms with van der Waals surface area (Å²) in [6.45, 7) is 4.54. The first-order valence-corrected chi connectivity index (χ1v) is 16.0. The van der Waals surface area contributed by atoms with Crippen molar-refractivity contribution in [1.29, 1.82) is 0 Å². The van der Waals surface area contributed by atoms with E-state index in [1.54, 1.807) is 6.07 Å². The Morgan fingerprint density at radius 1 is 0.632 bits per heavy atom. The van der Waals surface area contributed by atoms with Crippen LogP contribution in [0.5, 0.6) is 0 Å². The summed E-state index contributed by atoms with van der Waals surface area (Å²) in [6.07, 6.45) is 17.9. The van der Waals surface area contributed by atoms with Gasteiger partial charge >= 0.3 is 0 Å². The van der Waals surface area contributed by atoms with Gasteiger partial charge in [-0.1, -0.05) is 96.3 Å². The molecule has 3 aromatic carbocycles. The van der Waals surface area contributed by atoms with Crippen LogP contribution in [0.25, 0.3) is 27.5 Å². The van der Waals surface area contributed by atoms with Crippen molar-refractivity contribution in [3.8, 4) is 5.69 Å². The highest BCUT2D eigenvalue weighted by molar-refractivity contribution is 7.79. The highest BCUT2D eigenvalue weighted by atomic mass is 32.2. The highest BCUT2D eigenvalue weighted by Gasteiger charge is 2.15. The molecule has 0 bridgehead atoms. The maximum atomic E-state index is 11.8. The molecule has 0 radical (unpaired) electrons. The lowest BCUT2D eigenvalue weighted by molar-refractivity contribution is 0.564. The summed E-state index contributed by atoms with van der Waals surface area (Å²) < 4.78 is 23.8. The lowest BCUT2D eigenvalue weighted by Gasteiger charge is -2.10. The van der Waals surface area contributed by atoms with Gasteiger partial charge in [0.2, 0.25) is 0 Å². The predicted octanol–water partition coefficient (Wildman–Crippen LogP) is 10.2. The molecule has 0 amide bonds. The van der Waals surface area contributed by atoms with Crippen molar-refractivity contribution in [1.82, 2.24) is 4.57 Å². The van der Waals surface area contributed by atoms with E-state index in [4.69, 9.17) is 0 Å². The Hall–Kier alpha value is -2.43. The molecule has 0 spiro atoms. The second-order valence-electron chi connectivity index (χ2n) is 10.8. The molecule has 4 heteroatoms. The van der Waals surface area contributed by atoms with E-state index in [1.165, 1.54) is 98.9 Å². The number of hydrogen-bond acceptors (Lipinski definition) is 1. The first-order chi connectivity index (χ1) is 18.6. The monoisotopic (exact) mass is 531 g/mol. The molecular weight excluding hydrogens is 486 g/mol. The van der Waals surface area contributed by atoms with Crippen molar-refractivity contribution in [2.24, 2.45) is 0 Å². The SMILES string of the molecule is CCCCCCCCc1ccc2c(c1)c1cc(CCCCCCCC)ccc1n2-c1cccc(S(=O)O)c1. The molecule has 1 atom stereocenters. The zero-order valence-electron chi connectivity index (χ0n) is 23.4. The minimum Gasteiger partial charge on any atom is -0.309 e. The van der Waals surface area contributed by atoms with Gasteiger partial charge in [0.1, 0.15) is 0 Å².